The fourth-order valence-electron chi connectivity index (χ4n) is 3.41. The molecule has 6 heteroatoms. The predicted molar refractivity (Wildman–Crippen MR) is 98.6 cm³/mol. The molecule has 1 aliphatic heterocycles. The molecule has 1 unspecified atom stereocenters. The molecule has 2 heterocycles. The fourth-order valence-corrected chi connectivity index (χ4v) is 3.41. The van der Waals surface area contributed by atoms with Crippen LogP contribution >= 0.6 is 0 Å². The van der Waals surface area contributed by atoms with Crippen LogP contribution in [0, 0.1) is 0 Å². The lowest BCUT2D eigenvalue weighted by Gasteiger charge is -2.24. The van der Waals surface area contributed by atoms with E-state index in [1.54, 1.807) is 12.1 Å². The lowest BCUT2D eigenvalue weighted by molar-refractivity contribution is -0.135. The van der Waals surface area contributed by atoms with Crippen LogP contribution in [-0.2, 0) is 16.0 Å². The van der Waals surface area contributed by atoms with Crippen LogP contribution in [0.25, 0.3) is 11.0 Å². The molecule has 1 aliphatic rings. The lowest BCUT2D eigenvalue weighted by atomic mass is 10.1. The number of carbonyl (C=O) groups excluding carboxylic acids is 1. The molecule has 26 heavy (non-hydrogen) atoms. The number of ether oxygens (including phenoxy) is 2. The number of hydrogen-bond acceptors (Lipinski definition) is 5. The van der Waals surface area contributed by atoms with Crippen molar-refractivity contribution in [3.8, 4) is 5.75 Å². The van der Waals surface area contributed by atoms with Gasteiger partial charge in [0.25, 0.3) is 5.91 Å². The normalized spacial score (nSPS) is 17.0. The number of aryl methyl sites for hydroxylation is 1. The zero-order valence-electron chi connectivity index (χ0n) is 15.3. The van der Waals surface area contributed by atoms with E-state index in [0.717, 1.165) is 36.8 Å². The van der Waals surface area contributed by atoms with E-state index in [1.807, 2.05) is 24.8 Å². The van der Waals surface area contributed by atoms with Crippen molar-refractivity contribution in [3.05, 3.63) is 40.2 Å². The molecular weight excluding hydrogens is 334 g/mol. The van der Waals surface area contributed by atoms with Crippen LogP contribution < -0.4 is 10.4 Å². The molecular formula is C20H25NO5. The van der Waals surface area contributed by atoms with Crippen molar-refractivity contribution < 1.29 is 18.7 Å². The van der Waals surface area contributed by atoms with E-state index in [0.29, 0.717) is 24.5 Å². The predicted octanol–water partition coefficient (Wildman–Crippen LogP) is 2.76. The van der Waals surface area contributed by atoms with Gasteiger partial charge in [0.1, 0.15) is 11.3 Å². The summed E-state index contributed by atoms with van der Waals surface area (Å²) in [6.07, 6.45) is 2.70. The number of rotatable bonds is 7. The van der Waals surface area contributed by atoms with Gasteiger partial charge in [-0.25, -0.2) is 4.79 Å². The Morgan fingerprint density at radius 3 is 2.92 bits per heavy atom. The number of amides is 1. The molecule has 2 aromatic rings. The minimum absolute atomic E-state index is 0.0359. The van der Waals surface area contributed by atoms with Crippen molar-refractivity contribution in [3.63, 3.8) is 0 Å². The van der Waals surface area contributed by atoms with E-state index in [2.05, 4.69) is 0 Å². The molecule has 0 spiro atoms. The number of hydrogen-bond donors (Lipinski definition) is 0. The van der Waals surface area contributed by atoms with E-state index in [-0.39, 0.29) is 24.2 Å². The SMILES string of the molecule is CCOCC1CCCN1C(=O)COc1ccc2c(CC)cc(=O)oc2c1. The van der Waals surface area contributed by atoms with Gasteiger partial charge in [-0.05, 0) is 43.9 Å². The number of carbonyl (C=O) groups is 1. The smallest absolute Gasteiger partial charge is 0.336 e. The van der Waals surface area contributed by atoms with E-state index < -0.39 is 0 Å². The summed E-state index contributed by atoms with van der Waals surface area (Å²) in [5.41, 5.74) is 1.04. The molecule has 1 amide bonds. The highest BCUT2D eigenvalue weighted by molar-refractivity contribution is 5.82. The van der Waals surface area contributed by atoms with Gasteiger partial charge < -0.3 is 18.8 Å². The lowest BCUT2D eigenvalue weighted by Crippen LogP contribution is -2.40. The molecule has 6 nitrogen and oxygen atoms in total. The van der Waals surface area contributed by atoms with Gasteiger partial charge in [-0.3, -0.25) is 4.79 Å². The summed E-state index contributed by atoms with van der Waals surface area (Å²) in [4.78, 5) is 26.0. The van der Waals surface area contributed by atoms with E-state index >= 15 is 0 Å². The van der Waals surface area contributed by atoms with Crippen LogP contribution in [0.1, 0.15) is 32.3 Å². The Labute approximate surface area is 152 Å². The van der Waals surface area contributed by atoms with Gasteiger partial charge in [-0.15, -0.1) is 0 Å². The topological polar surface area (TPSA) is 69.0 Å². The second kappa shape index (κ2) is 8.36. The Bertz CT molecular complexity index is 829. The summed E-state index contributed by atoms with van der Waals surface area (Å²) in [5, 5.41) is 0.891. The maximum absolute atomic E-state index is 12.5. The van der Waals surface area contributed by atoms with E-state index in [9.17, 15) is 9.59 Å². The van der Waals surface area contributed by atoms with Crippen molar-refractivity contribution in [2.75, 3.05) is 26.4 Å². The summed E-state index contributed by atoms with van der Waals surface area (Å²) in [5.74, 6) is 0.471. The summed E-state index contributed by atoms with van der Waals surface area (Å²) in [7, 11) is 0. The third-order valence-corrected chi connectivity index (χ3v) is 4.76. The average molecular weight is 359 g/mol. The zero-order valence-corrected chi connectivity index (χ0v) is 15.3. The molecule has 0 bridgehead atoms. The quantitative estimate of drug-likeness (QED) is 0.711. The van der Waals surface area contributed by atoms with Gasteiger partial charge in [-0.1, -0.05) is 6.92 Å². The highest BCUT2D eigenvalue weighted by atomic mass is 16.5. The van der Waals surface area contributed by atoms with Gasteiger partial charge in [-0.2, -0.15) is 0 Å². The maximum atomic E-state index is 12.5. The van der Waals surface area contributed by atoms with E-state index in [4.69, 9.17) is 13.9 Å². The monoisotopic (exact) mass is 359 g/mol. The maximum Gasteiger partial charge on any atom is 0.336 e. The molecule has 1 saturated heterocycles. The van der Waals surface area contributed by atoms with Crippen LogP contribution in [0.3, 0.4) is 0 Å². The fraction of sp³-hybridized carbons (Fsp3) is 0.500. The summed E-state index contributed by atoms with van der Waals surface area (Å²) >= 11 is 0. The molecule has 140 valence electrons. The van der Waals surface area contributed by atoms with E-state index in [1.165, 1.54) is 6.07 Å². The van der Waals surface area contributed by atoms with Gasteiger partial charge in [0.2, 0.25) is 0 Å². The van der Waals surface area contributed by atoms with Crippen molar-refractivity contribution in [2.45, 2.75) is 39.2 Å². The van der Waals surface area contributed by atoms with Gasteiger partial charge in [0.15, 0.2) is 6.61 Å². The first-order valence-corrected chi connectivity index (χ1v) is 9.19. The zero-order chi connectivity index (χ0) is 18.5. The molecule has 0 N–H and O–H groups in total. The van der Waals surface area contributed by atoms with Crippen LogP contribution in [-0.4, -0.2) is 43.2 Å². The summed E-state index contributed by atoms with van der Waals surface area (Å²) in [6.45, 7) is 5.87. The number of likely N-dealkylation sites (tertiary alicyclic amines) is 1. The Kier molecular flexibility index (Phi) is 5.93. The molecule has 1 aromatic carbocycles. The molecule has 0 radical (unpaired) electrons. The number of fused-ring (bicyclic) bond motifs is 1. The molecule has 0 aliphatic carbocycles. The molecule has 0 saturated carbocycles. The first-order valence-electron chi connectivity index (χ1n) is 9.19. The number of benzene rings is 1. The first-order chi connectivity index (χ1) is 12.6. The van der Waals surface area contributed by atoms with Crippen molar-refractivity contribution in [2.24, 2.45) is 0 Å². The van der Waals surface area contributed by atoms with Crippen LogP contribution in [0.4, 0.5) is 0 Å². The third kappa shape index (κ3) is 4.07. The largest absolute Gasteiger partial charge is 0.484 e. The Morgan fingerprint density at radius 1 is 1.31 bits per heavy atom. The standard InChI is InChI=1S/C20H25NO5/c1-3-14-10-20(23)26-18-11-16(7-8-17(14)18)25-13-19(22)21-9-5-6-15(21)12-24-4-2/h7-8,10-11,15H,3-6,9,12-13H2,1-2H3. The molecule has 1 aromatic heterocycles. The Morgan fingerprint density at radius 2 is 2.15 bits per heavy atom. The minimum atomic E-state index is -0.376. The van der Waals surface area contributed by atoms with Gasteiger partial charge >= 0.3 is 5.63 Å². The van der Waals surface area contributed by atoms with Crippen molar-refractivity contribution >= 4 is 16.9 Å². The van der Waals surface area contributed by atoms with Crippen molar-refractivity contribution in [1.29, 1.82) is 0 Å². The summed E-state index contributed by atoms with van der Waals surface area (Å²) in [6, 6.07) is 6.98. The third-order valence-electron chi connectivity index (χ3n) is 4.76. The minimum Gasteiger partial charge on any atom is -0.484 e. The van der Waals surface area contributed by atoms with Gasteiger partial charge in [0.05, 0.1) is 12.6 Å². The molecule has 1 atom stereocenters. The van der Waals surface area contributed by atoms with Crippen LogP contribution in [0.2, 0.25) is 0 Å². The van der Waals surface area contributed by atoms with Crippen LogP contribution in [0.5, 0.6) is 5.75 Å². The summed E-state index contributed by atoms with van der Waals surface area (Å²) < 4.78 is 16.4. The highest BCUT2D eigenvalue weighted by Gasteiger charge is 2.28. The number of nitrogens with zero attached hydrogens (tertiary/aromatic N) is 1. The Balaban J connectivity index is 1.67. The molecule has 3 rings (SSSR count). The highest BCUT2D eigenvalue weighted by Crippen LogP contribution is 2.23. The first kappa shape index (κ1) is 18.5. The van der Waals surface area contributed by atoms with Crippen LogP contribution in [0.15, 0.2) is 33.5 Å². The van der Waals surface area contributed by atoms with Crippen molar-refractivity contribution in [1.82, 2.24) is 4.90 Å². The van der Waals surface area contributed by atoms with Gasteiger partial charge in [0, 0.05) is 30.7 Å². The average Bonchev–Trinajstić information content (AvgIpc) is 3.11. The Hall–Kier alpha value is -2.34. The second-order valence-electron chi connectivity index (χ2n) is 6.43. The molecule has 1 fully saturated rings. The second-order valence-corrected chi connectivity index (χ2v) is 6.43.